The van der Waals surface area contributed by atoms with E-state index in [1.165, 1.54) is 18.6 Å². The Morgan fingerprint density at radius 3 is 2.50 bits per heavy atom. The Kier molecular flexibility index (Phi) is 4.02. The molecular weight excluding hydrogens is 89.1 g/mol. The Morgan fingerprint density at radius 2 is 2.33 bits per heavy atom. The summed E-state index contributed by atoms with van der Waals surface area (Å²) < 4.78 is 0. The third-order valence-corrected chi connectivity index (χ3v) is 1.70. The van der Waals surface area contributed by atoms with Crippen molar-refractivity contribution in [2.24, 2.45) is 0 Å². The summed E-state index contributed by atoms with van der Waals surface area (Å²) in [6.45, 7) is 0. The van der Waals surface area contributed by atoms with E-state index in [4.69, 9.17) is 0 Å². The molecule has 1 fully saturated rings. The molecule has 33 valence electrons. The van der Waals surface area contributed by atoms with Crippen molar-refractivity contribution in [3.63, 3.8) is 0 Å². The van der Waals surface area contributed by atoms with Gasteiger partial charge in [-0.15, -0.1) is 0 Å². The fraction of sp³-hybridized carbons (Fsp3) is 0.750. The summed E-state index contributed by atoms with van der Waals surface area (Å²) >= 11 is 1.95. The van der Waals surface area contributed by atoms with Crippen LogP contribution in [-0.2, 0) is 0 Å². The van der Waals surface area contributed by atoms with E-state index in [-0.39, 0.29) is 10.1 Å². The van der Waals surface area contributed by atoms with Crippen molar-refractivity contribution in [1.82, 2.24) is 0 Å². The van der Waals surface area contributed by atoms with Gasteiger partial charge in [-0.3, -0.25) is 0 Å². The van der Waals surface area contributed by atoms with Crippen LogP contribution in [0.3, 0.4) is 0 Å². The van der Waals surface area contributed by atoms with E-state index in [0.717, 1.165) is 0 Å². The average molecular weight is 98.2 g/mol. The Balaban J connectivity index is 0.000000250. The number of rotatable bonds is 0. The molecule has 1 aliphatic heterocycles. The van der Waals surface area contributed by atoms with Crippen molar-refractivity contribution < 1.29 is 0 Å². The van der Waals surface area contributed by atoms with Crippen LogP contribution in [0.1, 0.15) is 12.8 Å². The molecule has 0 unspecified atom stereocenters. The first kappa shape index (κ1) is 6.52. The van der Waals surface area contributed by atoms with Crippen LogP contribution in [-0.4, -0.2) is 15.9 Å². The van der Waals surface area contributed by atoms with Gasteiger partial charge < -0.3 is 0 Å². The Hall–Kier alpha value is 0.519. The Labute approximate surface area is 46.9 Å². The number of hydrogen-bond acceptors (Lipinski definition) is 1. The first-order valence-electron chi connectivity index (χ1n) is 1.93. The SMILES string of the molecule is [BeH2].[CH]1CCCS1. The second-order valence-electron chi connectivity index (χ2n) is 1.18. The quantitative estimate of drug-likeness (QED) is 0.403. The van der Waals surface area contributed by atoms with Gasteiger partial charge in [0.2, 0.25) is 0 Å². The molecule has 0 nitrogen and oxygen atoms in total. The minimum atomic E-state index is 0. The predicted molar refractivity (Wildman–Crippen MR) is 34.5 cm³/mol. The molecule has 0 bridgehead atoms. The molecular formula is C4H9BeS. The van der Waals surface area contributed by atoms with Crippen LogP contribution in [0.15, 0.2) is 0 Å². The van der Waals surface area contributed by atoms with Crippen molar-refractivity contribution in [1.29, 1.82) is 0 Å². The Morgan fingerprint density at radius 1 is 1.50 bits per heavy atom. The smallest absolute Gasteiger partial charge is 0.0166 e. The molecule has 0 amide bonds. The summed E-state index contributed by atoms with van der Waals surface area (Å²) in [7, 11) is 0. The van der Waals surface area contributed by atoms with Crippen molar-refractivity contribution in [3.05, 3.63) is 5.75 Å². The van der Waals surface area contributed by atoms with Crippen molar-refractivity contribution in [3.8, 4) is 0 Å². The van der Waals surface area contributed by atoms with Crippen LogP contribution in [0.5, 0.6) is 0 Å². The molecule has 0 aliphatic carbocycles. The summed E-state index contributed by atoms with van der Waals surface area (Å²) in [6.07, 6.45) is 2.75. The third kappa shape index (κ3) is 1.84. The maximum Gasteiger partial charge on any atom is 0.0166 e. The van der Waals surface area contributed by atoms with Gasteiger partial charge in [0.1, 0.15) is 0 Å². The van der Waals surface area contributed by atoms with Gasteiger partial charge in [0, 0.05) is 5.75 Å². The van der Waals surface area contributed by atoms with Gasteiger partial charge in [-0.05, 0) is 18.6 Å². The fourth-order valence-electron chi connectivity index (χ4n) is 0.417. The first-order chi connectivity index (χ1) is 2.50. The average Bonchev–Trinajstić information content (AvgIpc) is 1.76. The summed E-state index contributed by atoms with van der Waals surface area (Å²) in [5, 5.41) is 0. The van der Waals surface area contributed by atoms with Gasteiger partial charge >= 0.3 is 10.1 Å². The van der Waals surface area contributed by atoms with E-state index in [1.807, 2.05) is 11.8 Å². The van der Waals surface area contributed by atoms with Gasteiger partial charge in [0.25, 0.3) is 0 Å². The van der Waals surface area contributed by atoms with Crippen LogP contribution >= 0.6 is 11.8 Å². The second kappa shape index (κ2) is 3.70. The zero-order valence-electron chi connectivity index (χ0n) is 3.11. The van der Waals surface area contributed by atoms with Gasteiger partial charge in [0.05, 0.1) is 0 Å². The van der Waals surface area contributed by atoms with Crippen molar-refractivity contribution >= 4 is 21.9 Å². The fourth-order valence-corrected chi connectivity index (χ4v) is 1.25. The molecule has 1 heterocycles. The molecule has 0 aromatic heterocycles. The monoisotopic (exact) mass is 98.1 g/mol. The molecule has 1 radical (unpaired) electrons. The molecule has 0 atom stereocenters. The van der Waals surface area contributed by atoms with Crippen molar-refractivity contribution in [2.75, 3.05) is 5.75 Å². The van der Waals surface area contributed by atoms with E-state index in [0.29, 0.717) is 0 Å². The zero-order valence-corrected chi connectivity index (χ0v) is 3.92. The minimum Gasteiger partial charge on any atom is -0.157 e. The zero-order chi connectivity index (χ0) is 3.54. The number of hydrogen-bond donors (Lipinski definition) is 0. The molecule has 1 rings (SSSR count). The number of thioether (sulfide) groups is 1. The molecule has 0 saturated carbocycles. The molecule has 0 N–H and O–H groups in total. The predicted octanol–water partition coefficient (Wildman–Crippen LogP) is 0.759. The van der Waals surface area contributed by atoms with Crippen LogP contribution in [0.2, 0.25) is 0 Å². The maximum absolute atomic E-state index is 2.28. The topological polar surface area (TPSA) is 0 Å². The second-order valence-corrected chi connectivity index (χ2v) is 2.25. The van der Waals surface area contributed by atoms with E-state index >= 15 is 0 Å². The Bertz CT molecular complexity index is 19.1. The minimum absolute atomic E-state index is 0. The molecule has 2 heteroatoms. The molecule has 0 spiro atoms. The molecule has 0 aromatic carbocycles. The molecule has 0 aromatic rings. The van der Waals surface area contributed by atoms with Gasteiger partial charge in [-0.1, -0.05) is 0 Å². The summed E-state index contributed by atoms with van der Waals surface area (Å²) in [5.74, 6) is 3.64. The maximum atomic E-state index is 2.28. The third-order valence-electron chi connectivity index (χ3n) is 0.702. The molecule has 1 aliphatic rings. The van der Waals surface area contributed by atoms with Crippen molar-refractivity contribution in [2.45, 2.75) is 12.8 Å². The standard InChI is InChI=1S/C4H7S.Be.2H/c1-2-4-5-3-1;;;/h3H,1-2,4H2;;;. The normalized spacial score (nSPS) is 20.0. The summed E-state index contributed by atoms with van der Waals surface area (Å²) in [5.41, 5.74) is 0. The van der Waals surface area contributed by atoms with Crippen LogP contribution < -0.4 is 0 Å². The largest absolute Gasteiger partial charge is 0.157 e. The van der Waals surface area contributed by atoms with Crippen LogP contribution in [0, 0.1) is 5.75 Å². The molecule has 6 heavy (non-hydrogen) atoms. The van der Waals surface area contributed by atoms with E-state index in [1.54, 1.807) is 0 Å². The summed E-state index contributed by atoms with van der Waals surface area (Å²) in [6, 6.07) is 0. The van der Waals surface area contributed by atoms with E-state index in [2.05, 4.69) is 5.75 Å². The first-order valence-corrected chi connectivity index (χ1v) is 2.98. The van der Waals surface area contributed by atoms with E-state index in [9.17, 15) is 0 Å². The van der Waals surface area contributed by atoms with Crippen LogP contribution in [0.4, 0.5) is 0 Å². The van der Waals surface area contributed by atoms with Gasteiger partial charge in [0.15, 0.2) is 0 Å². The van der Waals surface area contributed by atoms with Crippen LogP contribution in [0.25, 0.3) is 0 Å². The van der Waals surface area contributed by atoms with E-state index < -0.39 is 0 Å². The van der Waals surface area contributed by atoms with Gasteiger partial charge in [-0.25, -0.2) is 0 Å². The molecule has 1 saturated heterocycles. The summed E-state index contributed by atoms with van der Waals surface area (Å²) in [4.78, 5) is 0. The van der Waals surface area contributed by atoms with Gasteiger partial charge in [-0.2, -0.15) is 11.8 Å².